The highest BCUT2D eigenvalue weighted by molar-refractivity contribution is 6.43. The van der Waals surface area contributed by atoms with E-state index in [2.05, 4.69) is 5.32 Å². The minimum Gasteiger partial charge on any atom is -0.497 e. The molecule has 0 heterocycles. The fourth-order valence-corrected chi connectivity index (χ4v) is 2.57. The van der Waals surface area contributed by atoms with Crippen molar-refractivity contribution in [2.45, 2.75) is 13.0 Å². The highest BCUT2D eigenvalue weighted by atomic mass is 35.5. The summed E-state index contributed by atoms with van der Waals surface area (Å²) in [4.78, 5) is 12.4. The lowest BCUT2D eigenvalue weighted by Gasteiger charge is -2.17. The van der Waals surface area contributed by atoms with Gasteiger partial charge in [-0.15, -0.1) is 0 Å². The molecule has 0 saturated heterocycles. The van der Waals surface area contributed by atoms with Crippen LogP contribution in [0.3, 0.4) is 0 Å². The van der Waals surface area contributed by atoms with Crippen LogP contribution >= 0.6 is 34.8 Å². The number of nitrogens with one attached hydrogen (secondary N) is 1. The average Bonchev–Trinajstić information content (AvgIpc) is 2.59. The maximum Gasteiger partial charge on any atom is 0.265 e. The number of benzene rings is 2. The van der Waals surface area contributed by atoms with E-state index >= 15 is 0 Å². The van der Waals surface area contributed by atoms with Crippen LogP contribution in [0.25, 0.3) is 0 Å². The average molecular weight is 405 g/mol. The first-order valence-electron chi connectivity index (χ1n) is 7.19. The lowest BCUT2D eigenvalue weighted by Crippen LogP contribution is -2.30. The van der Waals surface area contributed by atoms with Gasteiger partial charge in [-0.2, -0.15) is 0 Å². The molecule has 0 spiro atoms. The molecule has 25 heavy (non-hydrogen) atoms. The van der Waals surface area contributed by atoms with E-state index in [1.165, 1.54) is 26.4 Å². The minimum absolute atomic E-state index is 0.257. The van der Waals surface area contributed by atoms with Gasteiger partial charge in [0.05, 0.1) is 35.0 Å². The predicted molar refractivity (Wildman–Crippen MR) is 99.7 cm³/mol. The maximum absolute atomic E-state index is 12.4. The molecule has 1 N–H and O–H groups in total. The summed E-state index contributed by atoms with van der Waals surface area (Å²) in [5, 5.41) is 3.57. The number of amides is 1. The molecule has 8 heteroatoms. The van der Waals surface area contributed by atoms with Crippen molar-refractivity contribution < 1.29 is 19.0 Å². The zero-order chi connectivity index (χ0) is 18.6. The van der Waals surface area contributed by atoms with Crippen molar-refractivity contribution >= 4 is 46.4 Å². The van der Waals surface area contributed by atoms with Crippen molar-refractivity contribution in [2.75, 3.05) is 19.5 Å². The molecule has 0 fully saturated rings. The first-order chi connectivity index (χ1) is 11.8. The van der Waals surface area contributed by atoms with Crippen LogP contribution in [0.4, 0.5) is 5.69 Å². The third kappa shape index (κ3) is 4.84. The van der Waals surface area contributed by atoms with Gasteiger partial charge in [0.2, 0.25) is 0 Å². The molecule has 5 nitrogen and oxygen atoms in total. The molecule has 0 aliphatic heterocycles. The van der Waals surface area contributed by atoms with Gasteiger partial charge >= 0.3 is 0 Å². The lowest BCUT2D eigenvalue weighted by molar-refractivity contribution is -0.122. The van der Waals surface area contributed by atoms with Gasteiger partial charge in [-0.1, -0.05) is 34.8 Å². The largest absolute Gasteiger partial charge is 0.497 e. The second kappa shape index (κ2) is 8.52. The molecule has 0 radical (unpaired) electrons. The zero-order valence-corrected chi connectivity index (χ0v) is 16.0. The monoisotopic (exact) mass is 403 g/mol. The van der Waals surface area contributed by atoms with Crippen molar-refractivity contribution in [3.63, 3.8) is 0 Å². The Labute approximate surface area is 160 Å². The first-order valence-corrected chi connectivity index (χ1v) is 8.33. The Balaban J connectivity index is 2.14. The van der Waals surface area contributed by atoms with Crippen LogP contribution in [0.15, 0.2) is 30.3 Å². The molecule has 0 aliphatic carbocycles. The van der Waals surface area contributed by atoms with Gasteiger partial charge in [0.15, 0.2) is 6.10 Å². The highest BCUT2D eigenvalue weighted by Crippen LogP contribution is 2.34. The Hall–Kier alpha value is -1.82. The smallest absolute Gasteiger partial charge is 0.265 e. The fourth-order valence-electron chi connectivity index (χ4n) is 1.98. The van der Waals surface area contributed by atoms with E-state index < -0.39 is 12.0 Å². The summed E-state index contributed by atoms with van der Waals surface area (Å²) in [7, 11) is 3.04. The quantitative estimate of drug-likeness (QED) is 0.683. The van der Waals surface area contributed by atoms with Crippen LogP contribution < -0.4 is 19.5 Å². The predicted octanol–water partition coefficient (Wildman–Crippen LogP) is 5.07. The molecule has 0 saturated carbocycles. The van der Waals surface area contributed by atoms with E-state index in [1.54, 1.807) is 25.1 Å². The van der Waals surface area contributed by atoms with Crippen LogP contribution in [-0.2, 0) is 4.79 Å². The first kappa shape index (κ1) is 19.5. The third-order valence-corrected chi connectivity index (χ3v) is 4.33. The van der Waals surface area contributed by atoms with E-state index in [0.29, 0.717) is 22.2 Å². The second-order valence-corrected chi connectivity index (χ2v) is 6.23. The van der Waals surface area contributed by atoms with Crippen molar-refractivity contribution in [3.05, 3.63) is 45.4 Å². The number of anilines is 1. The summed E-state index contributed by atoms with van der Waals surface area (Å²) in [5.41, 5.74) is 0.461. The molecule has 2 rings (SSSR count). The van der Waals surface area contributed by atoms with Gasteiger partial charge in [-0.25, -0.2) is 0 Å². The Bertz CT molecular complexity index is 783. The SMILES string of the molecule is COc1ccc(OC)c(NC(=O)[C@@H](C)Oc2cc(Cl)c(Cl)cc2Cl)c1. The molecule has 134 valence electrons. The highest BCUT2D eigenvalue weighted by Gasteiger charge is 2.19. The van der Waals surface area contributed by atoms with Crippen LogP contribution in [0.5, 0.6) is 17.2 Å². The Kier molecular flexibility index (Phi) is 6.64. The molecule has 2 aromatic carbocycles. The fraction of sp³-hybridized carbons (Fsp3) is 0.235. The Morgan fingerprint density at radius 1 is 0.960 bits per heavy atom. The zero-order valence-electron chi connectivity index (χ0n) is 13.7. The number of hydrogen-bond donors (Lipinski definition) is 1. The van der Waals surface area contributed by atoms with Crippen molar-refractivity contribution in [1.82, 2.24) is 0 Å². The molecule has 2 aromatic rings. The van der Waals surface area contributed by atoms with Crippen molar-refractivity contribution in [2.24, 2.45) is 0 Å². The normalized spacial score (nSPS) is 11.6. The van der Waals surface area contributed by atoms with Gasteiger partial charge < -0.3 is 19.5 Å². The molecule has 0 aliphatic rings. The number of ether oxygens (including phenoxy) is 3. The molecule has 0 unspecified atom stereocenters. The van der Waals surface area contributed by atoms with Gasteiger partial charge in [0, 0.05) is 12.1 Å². The number of carbonyl (C=O) groups is 1. The van der Waals surface area contributed by atoms with Crippen LogP contribution in [0.2, 0.25) is 15.1 Å². The third-order valence-electron chi connectivity index (χ3n) is 3.31. The van der Waals surface area contributed by atoms with Gasteiger partial charge in [-0.05, 0) is 25.1 Å². The van der Waals surface area contributed by atoms with Gasteiger partial charge in [-0.3, -0.25) is 4.79 Å². The van der Waals surface area contributed by atoms with Crippen LogP contribution in [0.1, 0.15) is 6.92 Å². The molecule has 1 atom stereocenters. The summed E-state index contributed by atoms with van der Waals surface area (Å²) in [5.74, 6) is 0.941. The topological polar surface area (TPSA) is 56.8 Å². The van der Waals surface area contributed by atoms with E-state index in [1.807, 2.05) is 0 Å². The summed E-state index contributed by atoms with van der Waals surface area (Å²) in [6, 6.07) is 7.98. The standard InChI is InChI=1S/C17H16Cl3NO4/c1-9(25-16-8-12(19)11(18)7-13(16)20)17(22)21-14-6-10(23-2)4-5-15(14)24-3/h4-9H,1-3H3,(H,21,22)/t9-/m1/s1. The maximum atomic E-state index is 12.4. The van der Waals surface area contributed by atoms with Crippen LogP contribution in [0, 0.1) is 0 Å². The molecule has 0 aromatic heterocycles. The van der Waals surface area contributed by atoms with Crippen molar-refractivity contribution in [1.29, 1.82) is 0 Å². The number of carbonyl (C=O) groups excluding carboxylic acids is 1. The number of halogens is 3. The number of methoxy groups -OCH3 is 2. The van der Waals surface area contributed by atoms with E-state index in [4.69, 9.17) is 49.0 Å². The summed E-state index contributed by atoms with van der Waals surface area (Å²) >= 11 is 17.9. The van der Waals surface area contributed by atoms with E-state index in [0.717, 1.165) is 0 Å². The summed E-state index contributed by atoms with van der Waals surface area (Å²) in [6.45, 7) is 1.58. The van der Waals surface area contributed by atoms with Gasteiger partial charge in [0.1, 0.15) is 17.2 Å². The van der Waals surface area contributed by atoms with E-state index in [9.17, 15) is 4.79 Å². The molecule has 0 bridgehead atoms. The van der Waals surface area contributed by atoms with Crippen molar-refractivity contribution in [3.8, 4) is 17.2 Å². The van der Waals surface area contributed by atoms with Gasteiger partial charge in [0.25, 0.3) is 5.91 Å². The molecule has 1 amide bonds. The molecular formula is C17H16Cl3NO4. The number of rotatable bonds is 6. The van der Waals surface area contributed by atoms with E-state index in [-0.39, 0.29) is 15.8 Å². The number of hydrogen-bond acceptors (Lipinski definition) is 4. The summed E-state index contributed by atoms with van der Waals surface area (Å²) < 4.78 is 16.0. The lowest BCUT2D eigenvalue weighted by atomic mass is 10.2. The Morgan fingerprint density at radius 2 is 1.64 bits per heavy atom. The van der Waals surface area contributed by atoms with Crippen LogP contribution in [-0.4, -0.2) is 26.2 Å². The minimum atomic E-state index is -0.842. The molecular weight excluding hydrogens is 389 g/mol. The Morgan fingerprint density at radius 3 is 2.28 bits per heavy atom. The second-order valence-electron chi connectivity index (χ2n) is 5.01. The summed E-state index contributed by atoms with van der Waals surface area (Å²) in [6.07, 6.45) is -0.842.